The molecular formula is C26H28N2O8. The van der Waals surface area contributed by atoms with Crippen LogP contribution in [0.3, 0.4) is 0 Å². The van der Waals surface area contributed by atoms with Gasteiger partial charge in [0.25, 0.3) is 5.69 Å². The number of fused-ring (bicyclic) bond motifs is 1. The minimum atomic E-state index is -0.938. The lowest BCUT2D eigenvalue weighted by Gasteiger charge is -2.23. The fourth-order valence-electron chi connectivity index (χ4n) is 3.46. The third-order valence-corrected chi connectivity index (χ3v) is 5.04. The first kappa shape index (κ1) is 26.4. The summed E-state index contributed by atoms with van der Waals surface area (Å²) in [6, 6.07) is 8.95. The molecule has 1 atom stereocenters. The number of carbonyl (C=O) groups is 2. The standard InChI is InChI=1S/C26H28N2O8/c1-15(2)12-21(27-25(31)36-26(3,4)5)24(30)35-18-10-11-19-22(13-18)34-14-20(23(19)29)16-6-8-17(9-7-16)28(32)33/h6-11,13-15,21H,12H2,1-5H3,(H,27,31)/t21-/m1/s1. The van der Waals surface area contributed by atoms with Crippen LogP contribution in [0.5, 0.6) is 5.75 Å². The van der Waals surface area contributed by atoms with Gasteiger partial charge in [-0.2, -0.15) is 0 Å². The number of nitrogens with zero attached hydrogens (tertiary/aromatic N) is 1. The monoisotopic (exact) mass is 496 g/mol. The van der Waals surface area contributed by atoms with Crippen LogP contribution in [0.1, 0.15) is 41.0 Å². The first-order valence-corrected chi connectivity index (χ1v) is 11.4. The van der Waals surface area contributed by atoms with Crippen molar-refractivity contribution < 1.29 is 28.4 Å². The molecule has 0 fully saturated rings. The van der Waals surface area contributed by atoms with Crippen LogP contribution in [0, 0.1) is 16.0 Å². The van der Waals surface area contributed by atoms with Crippen molar-refractivity contribution in [2.45, 2.75) is 52.7 Å². The number of ether oxygens (including phenoxy) is 2. The number of hydrogen-bond donors (Lipinski definition) is 1. The van der Waals surface area contributed by atoms with Crippen LogP contribution in [0.2, 0.25) is 0 Å². The van der Waals surface area contributed by atoms with Crippen molar-refractivity contribution in [3.63, 3.8) is 0 Å². The number of alkyl carbamates (subject to hydrolysis) is 1. The van der Waals surface area contributed by atoms with Gasteiger partial charge in [0, 0.05) is 18.2 Å². The molecule has 10 heteroatoms. The average molecular weight is 497 g/mol. The minimum absolute atomic E-state index is 0.0879. The highest BCUT2D eigenvalue weighted by Crippen LogP contribution is 2.25. The van der Waals surface area contributed by atoms with Gasteiger partial charge in [-0.3, -0.25) is 14.9 Å². The smallest absolute Gasteiger partial charge is 0.408 e. The van der Waals surface area contributed by atoms with Gasteiger partial charge in [-0.1, -0.05) is 13.8 Å². The Morgan fingerprint density at radius 3 is 2.36 bits per heavy atom. The highest BCUT2D eigenvalue weighted by Gasteiger charge is 2.27. The SMILES string of the molecule is CC(C)C[C@@H](NC(=O)OC(C)(C)C)C(=O)Oc1ccc2c(=O)c(-c3ccc([N+](=O)[O-])cc3)coc2c1. The first-order chi connectivity index (χ1) is 16.8. The van der Waals surface area contributed by atoms with E-state index in [1.165, 1.54) is 48.7 Å². The summed E-state index contributed by atoms with van der Waals surface area (Å²) in [5.74, 6) is -0.456. The van der Waals surface area contributed by atoms with Gasteiger partial charge in [-0.05, 0) is 62.9 Å². The van der Waals surface area contributed by atoms with Crippen molar-refractivity contribution in [1.82, 2.24) is 5.32 Å². The quantitative estimate of drug-likeness (QED) is 0.203. The van der Waals surface area contributed by atoms with E-state index in [0.717, 1.165) is 0 Å². The number of nitro benzene ring substituents is 1. The predicted octanol–water partition coefficient (Wildman–Crippen LogP) is 5.21. The summed E-state index contributed by atoms with van der Waals surface area (Å²) in [6.45, 7) is 8.98. The van der Waals surface area contributed by atoms with E-state index in [-0.39, 0.29) is 39.3 Å². The Kier molecular flexibility index (Phi) is 7.77. The summed E-state index contributed by atoms with van der Waals surface area (Å²) >= 11 is 0. The summed E-state index contributed by atoms with van der Waals surface area (Å²) in [5.41, 5.74) is -0.257. The van der Waals surface area contributed by atoms with Gasteiger partial charge in [-0.15, -0.1) is 0 Å². The molecule has 3 rings (SSSR count). The van der Waals surface area contributed by atoms with Crippen LogP contribution in [0.15, 0.2) is 57.9 Å². The zero-order valence-electron chi connectivity index (χ0n) is 20.7. The lowest BCUT2D eigenvalue weighted by atomic mass is 10.0. The number of esters is 1. The van der Waals surface area contributed by atoms with Gasteiger partial charge in [-0.25, -0.2) is 9.59 Å². The first-order valence-electron chi connectivity index (χ1n) is 11.4. The maximum atomic E-state index is 13.0. The Hall–Kier alpha value is -4.21. The molecule has 0 unspecified atom stereocenters. The lowest BCUT2D eigenvalue weighted by molar-refractivity contribution is -0.384. The van der Waals surface area contributed by atoms with Crippen molar-refractivity contribution in [1.29, 1.82) is 0 Å². The van der Waals surface area contributed by atoms with Crippen LogP contribution in [-0.4, -0.2) is 28.6 Å². The van der Waals surface area contributed by atoms with Crippen molar-refractivity contribution in [3.8, 4) is 16.9 Å². The highest BCUT2D eigenvalue weighted by atomic mass is 16.6. The third-order valence-electron chi connectivity index (χ3n) is 5.04. The fourth-order valence-corrected chi connectivity index (χ4v) is 3.46. The molecule has 0 saturated heterocycles. The van der Waals surface area contributed by atoms with E-state index in [4.69, 9.17) is 13.9 Å². The highest BCUT2D eigenvalue weighted by molar-refractivity contribution is 5.86. The van der Waals surface area contributed by atoms with Crippen LogP contribution in [-0.2, 0) is 9.53 Å². The number of carbonyl (C=O) groups excluding carboxylic acids is 2. The number of hydrogen-bond acceptors (Lipinski definition) is 8. The molecule has 0 spiro atoms. The number of amides is 1. The molecule has 1 aromatic heterocycles. The molecule has 2 aromatic carbocycles. The number of non-ortho nitro benzene ring substituents is 1. The van der Waals surface area contributed by atoms with Gasteiger partial charge in [0.2, 0.25) is 0 Å². The maximum absolute atomic E-state index is 13.0. The second-order valence-electron chi connectivity index (χ2n) is 9.69. The number of benzene rings is 2. The van der Waals surface area contributed by atoms with E-state index in [9.17, 15) is 24.5 Å². The maximum Gasteiger partial charge on any atom is 0.408 e. The van der Waals surface area contributed by atoms with Gasteiger partial charge in [0.1, 0.15) is 29.2 Å². The van der Waals surface area contributed by atoms with Gasteiger partial charge >= 0.3 is 12.1 Å². The van der Waals surface area contributed by atoms with Gasteiger partial charge in [0.15, 0.2) is 5.43 Å². The van der Waals surface area contributed by atoms with E-state index in [0.29, 0.717) is 12.0 Å². The Morgan fingerprint density at radius 1 is 1.11 bits per heavy atom. The molecule has 190 valence electrons. The Balaban J connectivity index is 1.82. The van der Waals surface area contributed by atoms with Crippen LogP contribution < -0.4 is 15.5 Å². The topological polar surface area (TPSA) is 138 Å². The molecule has 0 aliphatic heterocycles. The Morgan fingerprint density at radius 2 is 1.78 bits per heavy atom. The third kappa shape index (κ3) is 6.68. The Labute approximate surface area is 207 Å². The second-order valence-corrected chi connectivity index (χ2v) is 9.69. The van der Waals surface area contributed by atoms with Gasteiger partial charge < -0.3 is 19.2 Å². The van der Waals surface area contributed by atoms with E-state index in [2.05, 4.69) is 5.32 Å². The molecule has 0 radical (unpaired) electrons. The van der Waals surface area contributed by atoms with Crippen LogP contribution in [0.25, 0.3) is 22.1 Å². The number of nitro groups is 1. The van der Waals surface area contributed by atoms with Crippen molar-refractivity contribution in [2.24, 2.45) is 5.92 Å². The normalized spacial score (nSPS) is 12.3. The molecular weight excluding hydrogens is 468 g/mol. The van der Waals surface area contributed by atoms with E-state index < -0.39 is 28.6 Å². The summed E-state index contributed by atoms with van der Waals surface area (Å²) in [5, 5.41) is 13.7. The molecule has 10 nitrogen and oxygen atoms in total. The van der Waals surface area contributed by atoms with Crippen LogP contribution in [0.4, 0.5) is 10.5 Å². The van der Waals surface area contributed by atoms with Crippen molar-refractivity contribution in [3.05, 3.63) is 69.1 Å². The summed E-state index contributed by atoms with van der Waals surface area (Å²) in [6.07, 6.45) is 0.857. The second kappa shape index (κ2) is 10.6. The van der Waals surface area contributed by atoms with Crippen molar-refractivity contribution in [2.75, 3.05) is 0 Å². The lowest BCUT2D eigenvalue weighted by Crippen LogP contribution is -2.45. The molecule has 3 aromatic rings. The summed E-state index contributed by atoms with van der Waals surface area (Å²) in [4.78, 5) is 48.4. The molecule has 1 N–H and O–H groups in total. The molecule has 0 saturated carbocycles. The zero-order valence-corrected chi connectivity index (χ0v) is 20.7. The Bertz CT molecular complexity index is 1340. The van der Waals surface area contributed by atoms with E-state index in [1.807, 2.05) is 13.8 Å². The predicted molar refractivity (Wildman–Crippen MR) is 133 cm³/mol. The average Bonchev–Trinajstić information content (AvgIpc) is 2.77. The number of rotatable bonds is 7. The van der Waals surface area contributed by atoms with E-state index in [1.54, 1.807) is 20.8 Å². The molecule has 1 amide bonds. The minimum Gasteiger partial charge on any atom is -0.463 e. The van der Waals surface area contributed by atoms with Crippen LogP contribution >= 0.6 is 0 Å². The zero-order chi connectivity index (χ0) is 26.6. The summed E-state index contributed by atoms with van der Waals surface area (Å²) < 4.78 is 16.3. The molecule has 0 aliphatic rings. The largest absolute Gasteiger partial charge is 0.463 e. The molecule has 0 bridgehead atoms. The fraction of sp³-hybridized carbons (Fsp3) is 0.346. The summed E-state index contributed by atoms with van der Waals surface area (Å²) in [7, 11) is 0. The molecule has 1 heterocycles. The van der Waals surface area contributed by atoms with Gasteiger partial charge in [0.05, 0.1) is 15.9 Å². The van der Waals surface area contributed by atoms with E-state index >= 15 is 0 Å². The molecule has 0 aliphatic carbocycles. The number of nitrogens with one attached hydrogen (secondary N) is 1. The molecule has 36 heavy (non-hydrogen) atoms. The van der Waals surface area contributed by atoms with Crippen molar-refractivity contribution >= 4 is 28.7 Å².